The lowest BCUT2D eigenvalue weighted by Crippen LogP contribution is -3.00. The molecule has 1 saturated heterocycles. The predicted octanol–water partition coefficient (Wildman–Crippen LogP) is -3.92. The van der Waals surface area contributed by atoms with Gasteiger partial charge in [0.05, 0.1) is 20.3 Å². The van der Waals surface area contributed by atoms with E-state index in [0.717, 1.165) is 63.9 Å². The van der Waals surface area contributed by atoms with Gasteiger partial charge in [0.2, 0.25) is 0 Å². The molecule has 144 valence electrons. The van der Waals surface area contributed by atoms with Gasteiger partial charge in [0.15, 0.2) is 11.5 Å². The average molecular weight is 391 g/mol. The molecule has 0 saturated carbocycles. The number of nitrogens with zero attached hydrogens (tertiary/aromatic N) is 1. The Morgan fingerprint density at radius 3 is 2.68 bits per heavy atom. The van der Waals surface area contributed by atoms with Gasteiger partial charge in [-0.3, -0.25) is 4.90 Å². The molecule has 1 aromatic rings. The zero-order valence-electron chi connectivity index (χ0n) is 14.8. The fourth-order valence-corrected chi connectivity index (χ4v) is 2.58. The fourth-order valence-electron chi connectivity index (χ4n) is 2.58. The van der Waals surface area contributed by atoms with Gasteiger partial charge in [-0.1, -0.05) is 18.7 Å². The fraction of sp³-hybridized carbons (Fsp3) is 0.556. The number of nitrogens with one attached hydrogen (secondary N) is 1. The van der Waals surface area contributed by atoms with Crippen molar-refractivity contribution < 1.29 is 39.0 Å². The van der Waals surface area contributed by atoms with Crippen molar-refractivity contribution >= 4 is 0 Å². The molecule has 0 aliphatic carbocycles. The summed E-state index contributed by atoms with van der Waals surface area (Å²) >= 11 is 0. The van der Waals surface area contributed by atoms with Crippen LogP contribution in [-0.2, 0) is 11.3 Å². The Morgan fingerprint density at radius 1 is 1.24 bits per heavy atom. The van der Waals surface area contributed by atoms with Gasteiger partial charge < -0.3 is 44.3 Å². The standard InChI is InChI=1S/C18H28N2O3.2ClH/c1-3-11-23-17-6-5-16(14-18(17)21-2)15-19-7-4-8-20-9-12-22-13-10-20;;/h3,5-6,14,19H,1,4,7-13,15H2,2H3;2*1H/p-2. The predicted molar refractivity (Wildman–Crippen MR) is 92.3 cm³/mol. The molecule has 0 atom stereocenters. The minimum absolute atomic E-state index is 0. The van der Waals surface area contributed by atoms with Crippen LogP contribution in [0, 0.1) is 0 Å². The van der Waals surface area contributed by atoms with E-state index in [1.54, 1.807) is 13.2 Å². The molecule has 0 amide bonds. The monoisotopic (exact) mass is 390 g/mol. The molecule has 1 heterocycles. The van der Waals surface area contributed by atoms with Crippen LogP contribution in [0.3, 0.4) is 0 Å². The second-order valence-corrected chi connectivity index (χ2v) is 5.57. The van der Waals surface area contributed by atoms with Crippen molar-refractivity contribution in [1.29, 1.82) is 0 Å². The number of hydrogen-bond donors (Lipinski definition) is 1. The second-order valence-electron chi connectivity index (χ2n) is 5.57. The number of benzene rings is 1. The molecule has 7 heteroatoms. The third-order valence-corrected chi connectivity index (χ3v) is 3.85. The Bertz CT molecular complexity index is 483. The maximum Gasteiger partial charge on any atom is 0.161 e. The van der Waals surface area contributed by atoms with Gasteiger partial charge in [0.25, 0.3) is 0 Å². The van der Waals surface area contributed by atoms with Crippen molar-refractivity contribution in [3.8, 4) is 11.5 Å². The van der Waals surface area contributed by atoms with Crippen LogP contribution in [0.15, 0.2) is 30.9 Å². The second kappa shape index (κ2) is 14.2. The summed E-state index contributed by atoms with van der Waals surface area (Å²) < 4.78 is 16.3. The molecule has 1 aliphatic heterocycles. The van der Waals surface area contributed by atoms with Crippen LogP contribution in [0.1, 0.15) is 12.0 Å². The van der Waals surface area contributed by atoms with Gasteiger partial charge in [-0.15, -0.1) is 0 Å². The number of hydrogen-bond acceptors (Lipinski definition) is 5. The first-order valence-electron chi connectivity index (χ1n) is 8.25. The maximum absolute atomic E-state index is 5.56. The SMILES string of the molecule is C=CCOc1ccc(CNCCCN2CCOCC2)cc1OC.[Cl-].[Cl-]. The molecule has 1 N–H and O–H groups in total. The molecular formula is C18H28Cl2N2O3-2. The molecule has 0 spiro atoms. The smallest absolute Gasteiger partial charge is 0.161 e. The minimum Gasteiger partial charge on any atom is -1.00 e. The summed E-state index contributed by atoms with van der Waals surface area (Å²) in [6, 6.07) is 6.04. The Morgan fingerprint density at radius 2 is 2.00 bits per heavy atom. The van der Waals surface area contributed by atoms with E-state index in [-0.39, 0.29) is 24.8 Å². The highest BCUT2D eigenvalue weighted by Crippen LogP contribution is 2.28. The number of methoxy groups -OCH3 is 1. The molecule has 1 fully saturated rings. The van der Waals surface area contributed by atoms with E-state index >= 15 is 0 Å². The van der Waals surface area contributed by atoms with E-state index < -0.39 is 0 Å². The lowest BCUT2D eigenvalue weighted by molar-refractivity contribution is -0.00100. The Labute approximate surface area is 163 Å². The first-order chi connectivity index (χ1) is 11.3. The number of rotatable bonds is 10. The van der Waals surface area contributed by atoms with Crippen molar-refractivity contribution in [3.05, 3.63) is 36.4 Å². The molecule has 2 rings (SSSR count). The van der Waals surface area contributed by atoms with Crippen molar-refractivity contribution in [1.82, 2.24) is 10.2 Å². The highest BCUT2D eigenvalue weighted by molar-refractivity contribution is 5.43. The number of ether oxygens (including phenoxy) is 3. The Hall–Kier alpha value is -0.980. The van der Waals surface area contributed by atoms with Crippen LogP contribution in [0.5, 0.6) is 11.5 Å². The van der Waals surface area contributed by atoms with Gasteiger partial charge in [-0.2, -0.15) is 0 Å². The van der Waals surface area contributed by atoms with Gasteiger partial charge >= 0.3 is 0 Å². The third-order valence-electron chi connectivity index (χ3n) is 3.85. The number of morpholine rings is 1. The van der Waals surface area contributed by atoms with Crippen molar-refractivity contribution in [3.63, 3.8) is 0 Å². The van der Waals surface area contributed by atoms with Crippen LogP contribution in [0.2, 0.25) is 0 Å². The average Bonchev–Trinajstić information content (AvgIpc) is 2.61. The van der Waals surface area contributed by atoms with E-state index in [9.17, 15) is 0 Å². The Balaban J connectivity index is 0.00000288. The molecular weight excluding hydrogens is 363 g/mol. The molecule has 1 aromatic carbocycles. The Kier molecular flexibility index (Phi) is 13.7. The normalized spacial score (nSPS) is 14.1. The van der Waals surface area contributed by atoms with E-state index in [4.69, 9.17) is 14.2 Å². The van der Waals surface area contributed by atoms with Gasteiger partial charge in [0.1, 0.15) is 6.61 Å². The molecule has 0 unspecified atom stereocenters. The molecule has 5 nitrogen and oxygen atoms in total. The van der Waals surface area contributed by atoms with Crippen LogP contribution in [0.25, 0.3) is 0 Å². The first-order valence-corrected chi connectivity index (χ1v) is 8.25. The van der Waals surface area contributed by atoms with Gasteiger partial charge in [-0.25, -0.2) is 0 Å². The van der Waals surface area contributed by atoms with E-state index in [0.29, 0.717) is 6.61 Å². The summed E-state index contributed by atoms with van der Waals surface area (Å²) in [7, 11) is 1.66. The minimum atomic E-state index is 0. The largest absolute Gasteiger partial charge is 1.00 e. The molecule has 25 heavy (non-hydrogen) atoms. The van der Waals surface area contributed by atoms with Gasteiger partial charge in [-0.05, 0) is 37.2 Å². The van der Waals surface area contributed by atoms with Crippen LogP contribution in [-0.4, -0.2) is 58.0 Å². The molecule has 0 aromatic heterocycles. The van der Waals surface area contributed by atoms with Crippen molar-refractivity contribution in [2.75, 3.05) is 53.1 Å². The zero-order valence-corrected chi connectivity index (χ0v) is 16.3. The lowest BCUT2D eigenvalue weighted by Gasteiger charge is -2.26. The van der Waals surface area contributed by atoms with E-state index in [2.05, 4.69) is 22.9 Å². The summed E-state index contributed by atoms with van der Waals surface area (Å²) in [5, 5.41) is 3.48. The summed E-state index contributed by atoms with van der Waals surface area (Å²) in [5.41, 5.74) is 1.19. The third kappa shape index (κ3) is 8.79. The van der Waals surface area contributed by atoms with E-state index in [1.165, 1.54) is 5.56 Å². The van der Waals surface area contributed by atoms with Crippen LogP contribution >= 0.6 is 0 Å². The highest BCUT2D eigenvalue weighted by Gasteiger charge is 2.09. The zero-order chi connectivity index (χ0) is 16.3. The first kappa shape index (κ1) is 24.0. The van der Waals surface area contributed by atoms with E-state index in [1.807, 2.05) is 12.1 Å². The van der Waals surface area contributed by atoms with Gasteiger partial charge in [0, 0.05) is 19.6 Å². The van der Waals surface area contributed by atoms with Crippen molar-refractivity contribution in [2.24, 2.45) is 0 Å². The van der Waals surface area contributed by atoms with Crippen LogP contribution in [0.4, 0.5) is 0 Å². The lowest BCUT2D eigenvalue weighted by atomic mass is 10.2. The maximum atomic E-state index is 5.56. The topological polar surface area (TPSA) is 43.0 Å². The molecule has 0 radical (unpaired) electrons. The summed E-state index contributed by atoms with van der Waals surface area (Å²) in [5.74, 6) is 1.52. The summed E-state index contributed by atoms with van der Waals surface area (Å²) in [4.78, 5) is 2.46. The summed E-state index contributed by atoms with van der Waals surface area (Å²) in [6.45, 7) is 11.0. The summed E-state index contributed by atoms with van der Waals surface area (Å²) in [6.07, 6.45) is 2.88. The molecule has 0 bridgehead atoms. The van der Waals surface area contributed by atoms with Crippen molar-refractivity contribution in [2.45, 2.75) is 13.0 Å². The number of halogens is 2. The highest BCUT2D eigenvalue weighted by atomic mass is 35.5. The quantitative estimate of drug-likeness (QED) is 0.326. The molecule has 1 aliphatic rings. The van der Waals surface area contributed by atoms with Crippen LogP contribution < -0.4 is 39.6 Å².